The molecule has 148 valence electrons. The molecule has 2 saturated heterocycles. The molecule has 2 aliphatic rings. The summed E-state index contributed by atoms with van der Waals surface area (Å²) < 4.78 is 5.79. The number of aliphatic hydroxyl groups is 1. The lowest BCUT2D eigenvalue weighted by atomic mass is 9.95. The number of amides is 2. The molecule has 1 aromatic carbocycles. The molecule has 2 amide bonds. The lowest BCUT2D eigenvalue weighted by Gasteiger charge is -2.45. The van der Waals surface area contributed by atoms with Gasteiger partial charge in [-0.1, -0.05) is 30.3 Å². The second-order valence-corrected chi connectivity index (χ2v) is 7.37. The predicted molar refractivity (Wildman–Crippen MR) is 101 cm³/mol. The van der Waals surface area contributed by atoms with Gasteiger partial charge in [0, 0.05) is 38.8 Å². The van der Waals surface area contributed by atoms with E-state index in [1.807, 2.05) is 49.1 Å². The van der Waals surface area contributed by atoms with E-state index in [1.165, 1.54) is 0 Å². The van der Waals surface area contributed by atoms with Crippen LogP contribution >= 0.6 is 0 Å². The van der Waals surface area contributed by atoms with Gasteiger partial charge in [-0.15, -0.1) is 0 Å². The quantitative estimate of drug-likeness (QED) is 0.811. The van der Waals surface area contributed by atoms with Crippen molar-refractivity contribution in [2.75, 3.05) is 45.9 Å². The van der Waals surface area contributed by atoms with E-state index in [0.717, 1.165) is 18.7 Å². The molecule has 0 aliphatic carbocycles. The van der Waals surface area contributed by atoms with Gasteiger partial charge < -0.3 is 19.6 Å². The van der Waals surface area contributed by atoms with Crippen molar-refractivity contribution in [3.05, 3.63) is 35.9 Å². The number of hydrogen-bond acceptors (Lipinski definition) is 5. The van der Waals surface area contributed by atoms with Crippen LogP contribution in [0.1, 0.15) is 25.5 Å². The lowest BCUT2D eigenvalue weighted by Crippen LogP contribution is -2.59. The third kappa shape index (κ3) is 4.31. The number of aliphatic hydroxyl groups excluding tert-OH is 1. The fraction of sp³-hybridized carbons (Fsp3) is 0.600. The smallest absolute Gasteiger partial charge is 0.254 e. The van der Waals surface area contributed by atoms with Crippen molar-refractivity contribution in [1.29, 1.82) is 0 Å². The average Bonchev–Trinajstić information content (AvgIpc) is 2.68. The molecule has 0 spiro atoms. The van der Waals surface area contributed by atoms with Crippen molar-refractivity contribution in [1.82, 2.24) is 14.7 Å². The monoisotopic (exact) mass is 375 g/mol. The molecule has 2 atom stereocenters. The maximum atomic E-state index is 13.3. The van der Waals surface area contributed by atoms with Crippen molar-refractivity contribution in [3.63, 3.8) is 0 Å². The minimum absolute atomic E-state index is 0.0247. The Morgan fingerprint density at radius 3 is 2.44 bits per heavy atom. The number of piperazine rings is 1. The molecule has 0 saturated carbocycles. The van der Waals surface area contributed by atoms with Crippen LogP contribution in [0.15, 0.2) is 30.3 Å². The Bertz CT molecular complexity index is 644. The minimum Gasteiger partial charge on any atom is -0.395 e. The molecule has 2 fully saturated rings. The Labute approximate surface area is 160 Å². The van der Waals surface area contributed by atoms with Gasteiger partial charge in [-0.05, 0) is 19.4 Å². The Morgan fingerprint density at radius 1 is 1.19 bits per heavy atom. The zero-order valence-corrected chi connectivity index (χ0v) is 16.1. The Hall–Kier alpha value is -1.96. The SMILES string of the molecule is CC(C)N1C(=O)CO[C@H](C(=O)N2CCN(CCO)CC2)[C@H]1c1ccccc1. The van der Waals surface area contributed by atoms with Crippen LogP contribution in [0.2, 0.25) is 0 Å². The Kier molecular flexibility index (Phi) is 6.46. The topological polar surface area (TPSA) is 73.3 Å². The van der Waals surface area contributed by atoms with Crippen molar-refractivity contribution < 1.29 is 19.4 Å². The summed E-state index contributed by atoms with van der Waals surface area (Å²) in [6, 6.07) is 9.21. The Balaban J connectivity index is 1.81. The second kappa shape index (κ2) is 8.82. The summed E-state index contributed by atoms with van der Waals surface area (Å²) in [5, 5.41) is 9.08. The van der Waals surface area contributed by atoms with Gasteiger partial charge in [-0.3, -0.25) is 14.5 Å². The molecular formula is C20H29N3O4. The standard InChI is InChI=1S/C20H29N3O4/c1-15(2)23-17(25)14-27-19(18(23)16-6-4-3-5-7-16)20(26)22-10-8-21(9-11-22)12-13-24/h3-7,15,18-19,24H,8-14H2,1-2H3/t18-,19+/m1/s1. The van der Waals surface area contributed by atoms with Crippen molar-refractivity contribution >= 4 is 11.8 Å². The highest BCUT2D eigenvalue weighted by atomic mass is 16.5. The minimum atomic E-state index is -0.697. The van der Waals surface area contributed by atoms with E-state index >= 15 is 0 Å². The number of carbonyl (C=O) groups excluding carboxylic acids is 2. The number of β-amino-alcohol motifs (C(OH)–C–C–N with tert-alkyl or cyclic N) is 1. The molecule has 3 rings (SSSR count). The first-order chi connectivity index (χ1) is 13.0. The van der Waals surface area contributed by atoms with Crippen molar-refractivity contribution in [2.45, 2.75) is 32.0 Å². The van der Waals surface area contributed by atoms with Crippen LogP contribution in [0, 0.1) is 0 Å². The number of morpholine rings is 1. The molecule has 1 aromatic rings. The highest BCUT2D eigenvalue weighted by Gasteiger charge is 2.44. The zero-order valence-electron chi connectivity index (χ0n) is 16.1. The first-order valence-corrected chi connectivity index (χ1v) is 9.62. The highest BCUT2D eigenvalue weighted by molar-refractivity contribution is 5.86. The number of ether oxygens (including phenoxy) is 1. The van der Waals surface area contributed by atoms with E-state index < -0.39 is 12.1 Å². The summed E-state index contributed by atoms with van der Waals surface area (Å²) in [5.74, 6) is -0.152. The van der Waals surface area contributed by atoms with Gasteiger partial charge in [0.05, 0.1) is 12.6 Å². The molecule has 0 unspecified atom stereocenters. The first-order valence-electron chi connectivity index (χ1n) is 9.62. The van der Waals surface area contributed by atoms with Crippen LogP contribution in [0.25, 0.3) is 0 Å². The molecule has 2 aliphatic heterocycles. The Morgan fingerprint density at radius 2 is 1.85 bits per heavy atom. The largest absolute Gasteiger partial charge is 0.395 e. The maximum Gasteiger partial charge on any atom is 0.254 e. The molecule has 7 heteroatoms. The van der Waals surface area contributed by atoms with E-state index in [-0.39, 0.29) is 31.1 Å². The highest BCUT2D eigenvalue weighted by Crippen LogP contribution is 2.33. The molecule has 27 heavy (non-hydrogen) atoms. The molecule has 0 radical (unpaired) electrons. The first kappa shape index (κ1) is 19.8. The number of rotatable bonds is 5. The van der Waals surface area contributed by atoms with Crippen molar-refractivity contribution in [2.24, 2.45) is 0 Å². The van der Waals surface area contributed by atoms with Crippen LogP contribution < -0.4 is 0 Å². The normalized spacial score (nSPS) is 24.5. The number of hydrogen-bond donors (Lipinski definition) is 1. The average molecular weight is 375 g/mol. The molecule has 2 heterocycles. The van der Waals surface area contributed by atoms with Gasteiger partial charge in [-0.2, -0.15) is 0 Å². The lowest BCUT2D eigenvalue weighted by molar-refractivity contribution is -0.172. The number of benzene rings is 1. The maximum absolute atomic E-state index is 13.3. The summed E-state index contributed by atoms with van der Waals surface area (Å²) >= 11 is 0. The second-order valence-electron chi connectivity index (χ2n) is 7.37. The van der Waals surface area contributed by atoms with Crippen molar-refractivity contribution in [3.8, 4) is 0 Å². The van der Waals surface area contributed by atoms with Crippen LogP contribution in [-0.4, -0.2) is 89.7 Å². The summed E-state index contributed by atoms with van der Waals surface area (Å²) in [4.78, 5) is 31.5. The third-order valence-corrected chi connectivity index (χ3v) is 5.30. The van der Waals surface area contributed by atoms with E-state index in [1.54, 1.807) is 4.90 Å². The predicted octanol–water partition coefficient (Wildman–Crippen LogP) is 0.500. The third-order valence-electron chi connectivity index (χ3n) is 5.30. The van der Waals surface area contributed by atoms with Crippen LogP contribution in [0.3, 0.4) is 0 Å². The van der Waals surface area contributed by atoms with E-state index in [9.17, 15) is 9.59 Å². The van der Waals surface area contributed by atoms with E-state index in [0.29, 0.717) is 19.6 Å². The van der Waals surface area contributed by atoms with Gasteiger partial charge in [-0.25, -0.2) is 0 Å². The van der Waals surface area contributed by atoms with Gasteiger partial charge in [0.1, 0.15) is 6.61 Å². The molecular weight excluding hydrogens is 346 g/mol. The molecule has 0 bridgehead atoms. The van der Waals surface area contributed by atoms with Crippen LogP contribution in [0.4, 0.5) is 0 Å². The molecule has 0 aromatic heterocycles. The molecule has 7 nitrogen and oxygen atoms in total. The number of carbonyl (C=O) groups is 2. The van der Waals surface area contributed by atoms with E-state index in [2.05, 4.69) is 4.90 Å². The van der Waals surface area contributed by atoms with Gasteiger partial charge in [0.2, 0.25) is 5.91 Å². The molecule has 1 N–H and O–H groups in total. The van der Waals surface area contributed by atoms with E-state index in [4.69, 9.17) is 9.84 Å². The zero-order chi connectivity index (χ0) is 19.4. The van der Waals surface area contributed by atoms with Crippen LogP contribution in [-0.2, 0) is 14.3 Å². The summed E-state index contributed by atoms with van der Waals surface area (Å²) in [6.07, 6.45) is -0.697. The van der Waals surface area contributed by atoms with Crippen LogP contribution in [0.5, 0.6) is 0 Å². The summed E-state index contributed by atoms with van der Waals surface area (Å²) in [7, 11) is 0. The summed E-state index contributed by atoms with van der Waals surface area (Å²) in [6.45, 7) is 7.31. The van der Waals surface area contributed by atoms with Gasteiger partial charge in [0.15, 0.2) is 6.10 Å². The van der Waals surface area contributed by atoms with Gasteiger partial charge >= 0.3 is 0 Å². The number of nitrogens with zero attached hydrogens (tertiary/aromatic N) is 3. The summed E-state index contributed by atoms with van der Waals surface area (Å²) in [5.41, 5.74) is 0.913. The van der Waals surface area contributed by atoms with Gasteiger partial charge in [0.25, 0.3) is 5.91 Å². The fourth-order valence-corrected chi connectivity index (χ4v) is 3.94. The fourth-order valence-electron chi connectivity index (χ4n) is 3.94.